The number of benzene rings is 1. The molecule has 1 aromatic carbocycles. The van der Waals surface area contributed by atoms with Crippen LogP contribution in [-0.4, -0.2) is 24.0 Å². The molecule has 1 aliphatic rings. The SMILES string of the molecule is Cl.Cl.O=C(CCC1CCNCC1)NC(c1cccc(Cl)c1)c1ccccn1. The lowest BCUT2D eigenvalue weighted by atomic mass is 9.93. The van der Waals surface area contributed by atoms with Gasteiger partial charge in [-0.05, 0) is 68.1 Å². The van der Waals surface area contributed by atoms with Gasteiger partial charge < -0.3 is 10.6 Å². The fraction of sp³-hybridized carbons (Fsp3) is 0.400. The summed E-state index contributed by atoms with van der Waals surface area (Å²) in [5.74, 6) is 0.709. The van der Waals surface area contributed by atoms with E-state index in [4.69, 9.17) is 11.6 Å². The summed E-state index contributed by atoms with van der Waals surface area (Å²) in [7, 11) is 0. The smallest absolute Gasteiger partial charge is 0.220 e. The second-order valence-electron chi connectivity index (χ2n) is 6.54. The molecule has 27 heavy (non-hydrogen) atoms. The van der Waals surface area contributed by atoms with E-state index >= 15 is 0 Å². The molecule has 1 aliphatic heterocycles. The molecule has 148 valence electrons. The number of carbonyl (C=O) groups is 1. The number of halogens is 3. The van der Waals surface area contributed by atoms with Gasteiger partial charge in [0.25, 0.3) is 0 Å². The average molecular weight is 431 g/mol. The maximum atomic E-state index is 12.5. The number of piperidine rings is 1. The molecule has 1 amide bonds. The maximum absolute atomic E-state index is 12.5. The van der Waals surface area contributed by atoms with Crippen LogP contribution in [0.25, 0.3) is 0 Å². The minimum Gasteiger partial charge on any atom is -0.344 e. The molecule has 1 atom stereocenters. The second-order valence-corrected chi connectivity index (χ2v) is 6.98. The van der Waals surface area contributed by atoms with Gasteiger partial charge in [-0.3, -0.25) is 9.78 Å². The fourth-order valence-electron chi connectivity index (χ4n) is 3.30. The monoisotopic (exact) mass is 429 g/mol. The molecule has 2 N–H and O–H groups in total. The number of nitrogens with zero attached hydrogens (tertiary/aromatic N) is 1. The van der Waals surface area contributed by atoms with E-state index in [0.717, 1.165) is 43.6 Å². The van der Waals surface area contributed by atoms with Gasteiger partial charge in [-0.15, -0.1) is 24.8 Å². The van der Waals surface area contributed by atoms with Gasteiger partial charge in [-0.1, -0.05) is 29.8 Å². The van der Waals surface area contributed by atoms with Crippen molar-refractivity contribution in [3.05, 3.63) is 64.9 Å². The average Bonchev–Trinajstić information content (AvgIpc) is 2.66. The van der Waals surface area contributed by atoms with Crippen LogP contribution in [0.1, 0.15) is 43.0 Å². The van der Waals surface area contributed by atoms with Crippen molar-refractivity contribution in [2.24, 2.45) is 5.92 Å². The van der Waals surface area contributed by atoms with Gasteiger partial charge in [0.15, 0.2) is 0 Å². The number of aromatic nitrogens is 1. The largest absolute Gasteiger partial charge is 0.344 e. The van der Waals surface area contributed by atoms with Crippen LogP contribution in [0.4, 0.5) is 0 Å². The van der Waals surface area contributed by atoms with Crippen LogP contribution in [0, 0.1) is 5.92 Å². The number of amides is 1. The Morgan fingerprint density at radius 1 is 1.19 bits per heavy atom. The molecule has 1 fully saturated rings. The molecule has 4 nitrogen and oxygen atoms in total. The Balaban J connectivity index is 0.00000182. The van der Waals surface area contributed by atoms with Crippen LogP contribution in [0.2, 0.25) is 5.02 Å². The highest BCUT2D eigenvalue weighted by atomic mass is 35.5. The van der Waals surface area contributed by atoms with Crippen LogP contribution in [-0.2, 0) is 4.79 Å². The maximum Gasteiger partial charge on any atom is 0.220 e. The zero-order valence-corrected chi connectivity index (χ0v) is 17.5. The van der Waals surface area contributed by atoms with Crippen molar-refractivity contribution in [1.82, 2.24) is 15.6 Å². The molecule has 0 saturated carbocycles. The molecule has 1 saturated heterocycles. The van der Waals surface area contributed by atoms with E-state index in [1.807, 2.05) is 42.5 Å². The summed E-state index contributed by atoms with van der Waals surface area (Å²) in [5, 5.41) is 7.16. The molecule has 0 radical (unpaired) electrons. The topological polar surface area (TPSA) is 54.0 Å². The fourth-order valence-corrected chi connectivity index (χ4v) is 3.50. The Hall–Kier alpha value is -1.33. The van der Waals surface area contributed by atoms with Crippen molar-refractivity contribution in [3.8, 4) is 0 Å². The number of nitrogens with one attached hydrogen (secondary N) is 2. The molecule has 2 heterocycles. The Morgan fingerprint density at radius 3 is 2.63 bits per heavy atom. The summed E-state index contributed by atoms with van der Waals surface area (Å²) >= 11 is 6.14. The molecule has 7 heteroatoms. The van der Waals surface area contributed by atoms with Crippen LogP contribution in [0.3, 0.4) is 0 Å². The zero-order chi connectivity index (χ0) is 17.5. The third-order valence-corrected chi connectivity index (χ3v) is 4.94. The van der Waals surface area contributed by atoms with Crippen LogP contribution in [0.5, 0.6) is 0 Å². The Labute approximate surface area is 178 Å². The summed E-state index contributed by atoms with van der Waals surface area (Å²) < 4.78 is 0. The van der Waals surface area contributed by atoms with Gasteiger partial charge in [0.2, 0.25) is 5.91 Å². The Bertz CT molecular complexity index is 694. The number of hydrogen-bond acceptors (Lipinski definition) is 3. The predicted octanol–water partition coefficient (Wildman–Crippen LogP) is 4.56. The van der Waals surface area contributed by atoms with Crippen LogP contribution >= 0.6 is 36.4 Å². The molecule has 0 bridgehead atoms. The highest BCUT2D eigenvalue weighted by Gasteiger charge is 2.20. The first-order valence-corrected chi connectivity index (χ1v) is 9.26. The minimum atomic E-state index is -0.277. The van der Waals surface area contributed by atoms with Gasteiger partial charge >= 0.3 is 0 Å². The predicted molar refractivity (Wildman–Crippen MR) is 115 cm³/mol. The number of pyridine rings is 1. The third kappa shape index (κ3) is 7.30. The van der Waals surface area contributed by atoms with Crippen molar-refractivity contribution in [1.29, 1.82) is 0 Å². The molecule has 1 unspecified atom stereocenters. The first-order valence-electron chi connectivity index (χ1n) is 8.89. The van der Waals surface area contributed by atoms with Crippen molar-refractivity contribution >= 4 is 42.3 Å². The minimum absolute atomic E-state index is 0. The lowest BCUT2D eigenvalue weighted by Gasteiger charge is -2.23. The zero-order valence-electron chi connectivity index (χ0n) is 15.1. The summed E-state index contributed by atoms with van der Waals surface area (Å²) in [5.41, 5.74) is 1.77. The van der Waals surface area contributed by atoms with Gasteiger partial charge in [-0.2, -0.15) is 0 Å². The lowest BCUT2D eigenvalue weighted by molar-refractivity contribution is -0.122. The van der Waals surface area contributed by atoms with Crippen molar-refractivity contribution in [2.45, 2.75) is 31.7 Å². The Kier molecular flexibility index (Phi) is 10.7. The van der Waals surface area contributed by atoms with E-state index < -0.39 is 0 Å². The van der Waals surface area contributed by atoms with E-state index in [9.17, 15) is 4.79 Å². The molecule has 0 spiro atoms. The second kappa shape index (κ2) is 12.2. The molecule has 3 rings (SSSR count). The number of rotatable bonds is 6. The molecule has 2 aromatic rings. The molecular formula is C20H26Cl3N3O. The van der Waals surface area contributed by atoms with Crippen molar-refractivity contribution < 1.29 is 4.79 Å². The number of hydrogen-bond donors (Lipinski definition) is 2. The van der Waals surface area contributed by atoms with Gasteiger partial charge in [0, 0.05) is 17.6 Å². The summed E-state index contributed by atoms with van der Waals surface area (Å²) in [6.07, 6.45) is 5.55. The summed E-state index contributed by atoms with van der Waals surface area (Å²) in [4.78, 5) is 17.0. The first kappa shape index (κ1) is 23.7. The van der Waals surface area contributed by atoms with E-state index in [1.165, 1.54) is 0 Å². The third-order valence-electron chi connectivity index (χ3n) is 4.71. The van der Waals surface area contributed by atoms with E-state index in [1.54, 1.807) is 6.20 Å². The van der Waals surface area contributed by atoms with Crippen LogP contribution < -0.4 is 10.6 Å². The first-order chi connectivity index (χ1) is 12.2. The van der Waals surface area contributed by atoms with E-state index in [0.29, 0.717) is 17.4 Å². The number of carbonyl (C=O) groups excluding carboxylic acids is 1. The Morgan fingerprint density at radius 2 is 1.96 bits per heavy atom. The van der Waals surface area contributed by atoms with Gasteiger partial charge in [0.1, 0.15) is 0 Å². The van der Waals surface area contributed by atoms with Gasteiger partial charge in [0.05, 0.1) is 11.7 Å². The van der Waals surface area contributed by atoms with Gasteiger partial charge in [-0.25, -0.2) is 0 Å². The lowest BCUT2D eigenvalue weighted by Crippen LogP contribution is -2.31. The quantitative estimate of drug-likeness (QED) is 0.706. The van der Waals surface area contributed by atoms with Crippen LogP contribution in [0.15, 0.2) is 48.7 Å². The highest BCUT2D eigenvalue weighted by molar-refractivity contribution is 6.30. The highest BCUT2D eigenvalue weighted by Crippen LogP contribution is 2.24. The summed E-state index contributed by atoms with van der Waals surface area (Å²) in [6.45, 7) is 2.12. The van der Waals surface area contributed by atoms with E-state index in [-0.39, 0.29) is 36.8 Å². The standard InChI is InChI=1S/C20H24ClN3O.2ClH/c21-17-5-3-4-16(14-17)20(18-6-1-2-11-23-18)24-19(25)8-7-15-9-12-22-13-10-15;;/h1-6,11,14-15,20,22H,7-10,12-13H2,(H,24,25);2*1H. The van der Waals surface area contributed by atoms with Crippen molar-refractivity contribution in [3.63, 3.8) is 0 Å². The summed E-state index contributed by atoms with van der Waals surface area (Å²) in [6, 6.07) is 13.0. The van der Waals surface area contributed by atoms with E-state index in [2.05, 4.69) is 15.6 Å². The molecule has 0 aliphatic carbocycles. The van der Waals surface area contributed by atoms with Crippen molar-refractivity contribution in [2.75, 3.05) is 13.1 Å². The molecular weight excluding hydrogens is 405 g/mol. The molecule has 1 aromatic heterocycles. The normalized spacial score (nSPS) is 15.1.